The minimum absolute atomic E-state index is 0.0831. The van der Waals surface area contributed by atoms with Gasteiger partial charge in [0.2, 0.25) is 0 Å². The third-order valence-electron chi connectivity index (χ3n) is 1.77. The zero-order chi connectivity index (χ0) is 11.6. The van der Waals surface area contributed by atoms with Crippen LogP contribution < -0.4 is 0 Å². The van der Waals surface area contributed by atoms with Crippen LogP contribution in [0.15, 0.2) is 6.07 Å². The number of aliphatic carboxylic acids is 1. The molecule has 0 unspecified atom stereocenters. The Kier molecular flexibility index (Phi) is 3.57. The first-order chi connectivity index (χ1) is 6.91. The van der Waals surface area contributed by atoms with Gasteiger partial charge in [-0.25, -0.2) is 8.78 Å². The summed E-state index contributed by atoms with van der Waals surface area (Å²) in [4.78, 5) is 14.2. The van der Waals surface area contributed by atoms with Gasteiger partial charge in [0.15, 0.2) is 0 Å². The highest BCUT2D eigenvalue weighted by molar-refractivity contribution is 6.32. The lowest BCUT2D eigenvalue weighted by Crippen LogP contribution is -2.05. The number of carboxylic acid groups (broad SMARTS) is 1. The van der Waals surface area contributed by atoms with Crippen molar-refractivity contribution in [1.29, 1.82) is 0 Å². The van der Waals surface area contributed by atoms with Crippen LogP contribution in [0.4, 0.5) is 8.78 Å². The number of alkyl halides is 2. The summed E-state index contributed by atoms with van der Waals surface area (Å²) in [6.07, 6.45) is -3.12. The lowest BCUT2D eigenvalue weighted by molar-refractivity contribution is -0.136. The number of hydrogen-bond acceptors (Lipinski definition) is 2. The lowest BCUT2D eigenvalue weighted by Gasteiger charge is -2.07. The summed E-state index contributed by atoms with van der Waals surface area (Å²) in [5.74, 6) is -1.12. The fourth-order valence-electron chi connectivity index (χ4n) is 1.15. The van der Waals surface area contributed by atoms with Gasteiger partial charge in [0.05, 0.1) is 22.8 Å². The number of nitrogens with zero attached hydrogens (tertiary/aromatic N) is 1. The van der Waals surface area contributed by atoms with Crippen LogP contribution in [-0.4, -0.2) is 16.1 Å². The summed E-state index contributed by atoms with van der Waals surface area (Å²) in [5, 5.41) is 8.38. The summed E-state index contributed by atoms with van der Waals surface area (Å²) in [6, 6.07) is 1.02. The minimum Gasteiger partial charge on any atom is -0.481 e. The number of pyridine rings is 1. The van der Waals surface area contributed by atoms with Gasteiger partial charge in [-0.1, -0.05) is 11.6 Å². The van der Waals surface area contributed by atoms with E-state index in [9.17, 15) is 13.6 Å². The van der Waals surface area contributed by atoms with Crippen molar-refractivity contribution in [3.63, 3.8) is 0 Å². The highest BCUT2D eigenvalue weighted by Gasteiger charge is 2.16. The summed E-state index contributed by atoms with van der Waals surface area (Å²) < 4.78 is 24.9. The molecule has 82 valence electrons. The number of rotatable bonds is 3. The molecule has 0 saturated carbocycles. The van der Waals surface area contributed by atoms with Crippen LogP contribution in [0.3, 0.4) is 0 Å². The van der Waals surface area contributed by atoms with Crippen molar-refractivity contribution in [2.24, 2.45) is 0 Å². The van der Waals surface area contributed by atoms with Crippen molar-refractivity contribution in [3.05, 3.63) is 28.0 Å². The summed E-state index contributed by atoms with van der Waals surface area (Å²) >= 11 is 5.61. The Morgan fingerprint density at radius 3 is 2.73 bits per heavy atom. The molecule has 1 heterocycles. The van der Waals surface area contributed by atoms with Crippen LogP contribution in [-0.2, 0) is 11.2 Å². The average molecular weight is 236 g/mol. The summed E-state index contributed by atoms with van der Waals surface area (Å²) in [5.41, 5.74) is -0.0779. The van der Waals surface area contributed by atoms with Crippen LogP contribution in [0.1, 0.15) is 23.4 Å². The zero-order valence-electron chi connectivity index (χ0n) is 7.80. The molecule has 0 fully saturated rings. The molecule has 0 amide bonds. The van der Waals surface area contributed by atoms with Gasteiger partial charge in [-0.2, -0.15) is 0 Å². The van der Waals surface area contributed by atoms with Crippen molar-refractivity contribution in [2.75, 3.05) is 0 Å². The second-order valence-electron chi connectivity index (χ2n) is 2.97. The maximum absolute atomic E-state index is 12.5. The Morgan fingerprint density at radius 2 is 2.27 bits per heavy atom. The predicted octanol–water partition coefficient (Wildman–Crippen LogP) is 2.61. The van der Waals surface area contributed by atoms with Gasteiger partial charge in [0.25, 0.3) is 6.43 Å². The molecule has 0 bridgehead atoms. The first-order valence-corrected chi connectivity index (χ1v) is 4.45. The van der Waals surface area contributed by atoms with Crippen LogP contribution in [0.5, 0.6) is 0 Å². The molecule has 3 nitrogen and oxygen atoms in total. The van der Waals surface area contributed by atoms with Gasteiger partial charge in [-0.15, -0.1) is 0 Å². The predicted molar refractivity (Wildman–Crippen MR) is 50.3 cm³/mol. The Bertz CT molecular complexity index is 396. The third kappa shape index (κ3) is 2.86. The van der Waals surface area contributed by atoms with E-state index >= 15 is 0 Å². The Hall–Kier alpha value is -1.23. The van der Waals surface area contributed by atoms with E-state index in [1.165, 1.54) is 6.92 Å². The van der Waals surface area contributed by atoms with E-state index in [0.29, 0.717) is 0 Å². The van der Waals surface area contributed by atoms with E-state index < -0.39 is 18.8 Å². The van der Waals surface area contributed by atoms with E-state index in [4.69, 9.17) is 16.7 Å². The van der Waals surface area contributed by atoms with Crippen molar-refractivity contribution < 1.29 is 18.7 Å². The van der Waals surface area contributed by atoms with Crippen molar-refractivity contribution in [3.8, 4) is 0 Å². The van der Waals surface area contributed by atoms with Crippen molar-refractivity contribution >= 4 is 17.6 Å². The van der Waals surface area contributed by atoms with Gasteiger partial charge in [-0.05, 0) is 13.0 Å². The topological polar surface area (TPSA) is 50.2 Å². The van der Waals surface area contributed by atoms with Crippen LogP contribution >= 0.6 is 11.6 Å². The molecule has 1 N–H and O–H groups in total. The molecular formula is C9H8ClF2NO2. The monoisotopic (exact) mass is 235 g/mol. The second kappa shape index (κ2) is 4.53. The van der Waals surface area contributed by atoms with E-state index in [-0.39, 0.29) is 22.0 Å². The molecule has 0 saturated heterocycles. The van der Waals surface area contributed by atoms with E-state index in [2.05, 4.69) is 4.98 Å². The van der Waals surface area contributed by atoms with Gasteiger partial charge in [-0.3, -0.25) is 9.78 Å². The normalized spacial score (nSPS) is 10.7. The zero-order valence-corrected chi connectivity index (χ0v) is 8.55. The average Bonchev–Trinajstić information content (AvgIpc) is 2.09. The highest BCUT2D eigenvalue weighted by atomic mass is 35.5. The molecule has 0 aliphatic rings. The molecule has 1 aromatic heterocycles. The largest absolute Gasteiger partial charge is 0.481 e. The molecule has 0 aliphatic carbocycles. The molecule has 0 aliphatic heterocycles. The van der Waals surface area contributed by atoms with Gasteiger partial charge in [0.1, 0.15) is 0 Å². The summed E-state index contributed by atoms with van der Waals surface area (Å²) in [7, 11) is 0. The van der Waals surface area contributed by atoms with Gasteiger partial charge in [0, 0.05) is 5.56 Å². The molecule has 0 spiro atoms. The Balaban J connectivity index is 3.17. The quantitative estimate of drug-likeness (QED) is 0.876. The fraction of sp³-hybridized carbons (Fsp3) is 0.333. The maximum Gasteiger partial charge on any atom is 0.309 e. The SMILES string of the molecule is Cc1nc(CC(=O)O)cc(C(F)F)c1Cl. The molecular weight excluding hydrogens is 228 g/mol. The molecule has 15 heavy (non-hydrogen) atoms. The van der Waals surface area contributed by atoms with Gasteiger partial charge >= 0.3 is 5.97 Å². The number of aromatic nitrogens is 1. The van der Waals surface area contributed by atoms with Crippen molar-refractivity contribution in [1.82, 2.24) is 4.98 Å². The smallest absolute Gasteiger partial charge is 0.309 e. The van der Waals surface area contributed by atoms with Gasteiger partial charge < -0.3 is 5.11 Å². The van der Waals surface area contributed by atoms with Crippen LogP contribution in [0, 0.1) is 6.92 Å². The van der Waals surface area contributed by atoms with Crippen LogP contribution in [0.2, 0.25) is 5.02 Å². The Labute approximate surface area is 89.7 Å². The number of hydrogen-bond donors (Lipinski definition) is 1. The highest BCUT2D eigenvalue weighted by Crippen LogP contribution is 2.29. The van der Waals surface area contributed by atoms with E-state index in [0.717, 1.165) is 6.07 Å². The molecule has 0 radical (unpaired) electrons. The van der Waals surface area contributed by atoms with Crippen molar-refractivity contribution in [2.45, 2.75) is 19.8 Å². The molecule has 1 rings (SSSR count). The third-order valence-corrected chi connectivity index (χ3v) is 2.26. The fourth-order valence-corrected chi connectivity index (χ4v) is 1.33. The maximum atomic E-state index is 12.5. The van der Waals surface area contributed by atoms with E-state index in [1.54, 1.807) is 0 Å². The number of aryl methyl sites for hydroxylation is 1. The number of carbonyl (C=O) groups is 1. The lowest BCUT2D eigenvalue weighted by atomic mass is 10.1. The Morgan fingerprint density at radius 1 is 1.67 bits per heavy atom. The summed E-state index contributed by atoms with van der Waals surface area (Å²) in [6.45, 7) is 1.46. The van der Waals surface area contributed by atoms with E-state index in [1.807, 2.05) is 0 Å². The molecule has 1 aromatic rings. The first-order valence-electron chi connectivity index (χ1n) is 4.07. The molecule has 6 heteroatoms. The van der Waals surface area contributed by atoms with Crippen LogP contribution in [0.25, 0.3) is 0 Å². The second-order valence-corrected chi connectivity index (χ2v) is 3.35. The number of halogens is 3. The number of carboxylic acids is 1. The molecule has 0 aromatic carbocycles. The molecule has 0 atom stereocenters. The standard InChI is InChI=1S/C9H8ClF2NO2/c1-4-8(10)6(9(11)12)2-5(13-4)3-7(14)15/h2,9H,3H2,1H3,(H,14,15). The first kappa shape index (κ1) is 11.8. The minimum atomic E-state index is -2.73.